The Kier molecular flexibility index (Phi) is 5.84. The summed E-state index contributed by atoms with van der Waals surface area (Å²) in [5.41, 5.74) is 0.713. The molecule has 1 N–H and O–H groups in total. The van der Waals surface area contributed by atoms with Crippen LogP contribution in [0.5, 0.6) is 5.75 Å². The minimum absolute atomic E-state index is 0.107. The number of rotatable bonds is 5. The third-order valence-corrected chi connectivity index (χ3v) is 2.26. The van der Waals surface area contributed by atoms with Gasteiger partial charge in [0.2, 0.25) is 5.78 Å². The van der Waals surface area contributed by atoms with Crippen LogP contribution in [0.3, 0.4) is 0 Å². The zero-order valence-corrected chi connectivity index (χ0v) is 9.90. The second kappa shape index (κ2) is 7.48. The molecule has 0 aromatic heterocycles. The van der Waals surface area contributed by atoms with Gasteiger partial charge in [0.15, 0.2) is 0 Å². The highest BCUT2D eigenvalue weighted by Crippen LogP contribution is 2.15. The number of ketones is 1. The molecule has 0 aliphatic carbocycles. The first-order valence-electron chi connectivity index (χ1n) is 5.56. The number of aliphatic hydroxyl groups excluding tert-OH is 1. The molecule has 0 atom stereocenters. The summed E-state index contributed by atoms with van der Waals surface area (Å²) in [6.07, 6.45) is 1.71. The third-order valence-electron chi connectivity index (χ3n) is 2.26. The standard InChI is InChI=1S/C14H16O3/c1-17-14-8-3-2-6-12(14)9-10-13(16)7-4-5-11-15/h2-3,6,8,15H,4-5,7,11H2,1H3. The van der Waals surface area contributed by atoms with Gasteiger partial charge in [-0.25, -0.2) is 0 Å². The molecule has 0 aliphatic heterocycles. The molecule has 1 aromatic rings. The van der Waals surface area contributed by atoms with E-state index in [0.29, 0.717) is 30.6 Å². The number of benzene rings is 1. The highest BCUT2D eigenvalue weighted by Gasteiger charge is 1.99. The van der Waals surface area contributed by atoms with E-state index in [1.165, 1.54) is 0 Å². The third kappa shape index (κ3) is 4.71. The van der Waals surface area contributed by atoms with E-state index < -0.39 is 0 Å². The summed E-state index contributed by atoms with van der Waals surface area (Å²) in [6.45, 7) is 0.118. The molecule has 0 aliphatic rings. The zero-order chi connectivity index (χ0) is 12.5. The maximum absolute atomic E-state index is 11.4. The lowest BCUT2D eigenvalue weighted by atomic mass is 10.1. The van der Waals surface area contributed by atoms with Crippen molar-refractivity contribution in [1.82, 2.24) is 0 Å². The van der Waals surface area contributed by atoms with Crippen LogP contribution in [0, 0.1) is 11.8 Å². The molecule has 0 bridgehead atoms. The number of Topliss-reactive ketones (excluding diaryl/α,β-unsaturated/α-hetero) is 1. The van der Waals surface area contributed by atoms with Gasteiger partial charge in [0, 0.05) is 13.0 Å². The maximum Gasteiger partial charge on any atom is 0.205 e. The summed E-state index contributed by atoms with van der Waals surface area (Å²) in [6, 6.07) is 7.32. The lowest BCUT2D eigenvalue weighted by molar-refractivity contribution is -0.113. The summed E-state index contributed by atoms with van der Waals surface area (Å²) in [7, 11) is 1.57. The topological polar surface area (TPSA) is 46.5 Å². The average molecular weight is 232 g/mol. The maximum atomic E-state index is 11.4. The van der Waals surface area contributed by atoms with Gasteiger partial charge in [0.05, 0.1) is 12.7 Å². The molecule has 1 aromatic carbocycles. The van der Waals surface area contributed by atoms with Crippen LogP contribution in [0.2, 0.25) is 0 Å². The highest BCUT2D eigenvalue weighted by atomic mass is 16.5. The van der Waals surface area contributed by atoms with Gasteiger partial charge in [0.1, 0.15) is 5.75 Å². The number of ether oxygens (including phenoxy) is 1. The second-order valence-corrected chi connectivity index (χ2v) is 3.55. The molecule has 0 spiro atoms. The van der Waals surface area contributed by atoms with E-state index in [1.807, 2.05) is 18.2 Å². The van der Waals surface area contributed by atoms with E-state index >= 15 is 0 Å². The first kappa shape index (κ1) is 13.3. The Balaban J connectivity index is 2.61. The monoisotopic (exact) mass is 232 g/mol. The molecular formula is C14H16O3. The minimum Gasteiger partial charge on any atom is -0.495 e. The van der Waals surface area contributed by atoms with Crippen LogP contribution >= 0.6 is 0 Å². The Hall–Kier alpha value is -1.79. The molecule has 0 saturated heterocycles. The van der Waals surface area contributed by atoms with Crippen molar-refractivity contribution in [3.63, 3.8) is 0 Å². The smallest absolute Gasteiger partial charge is 0.205 e. The largest absolute Gasteiger partial charge is 0.495 e. The fourth-order valence-electron chi connectivity index (χ4n) is 1.34. The number of hydrogen-bond acceptors (Lipinski definition) is 3. The predicted molar refractivity (Wildman–Crippen MR) is 65.8 cm³/mol. The van der Waals surface area contributed by atoms with Crippen LogP contribution < -0.4 is 4.74 Å². The van der Waals surface area contributed by atoms with Crippen LogP contribution in [0.1, 0.15) is 24.8 Å². The fourth-order valence-corrected chi connectivity index (χ4v) is 1.34. The van der Waals surface area contributed by atoms with E-state index in [0.717, 1.165) is 0 Å². The lowest BCUT2D eigenvalue weighted by Gasteiger charge is -2.00. The number of hydrogen-bond donors (Lipinski definition) is 1. The van der Waals surface area contributed by atoms with Crippen LogP contribution in [0.15, 0.2) is 24.3 Å². The quantitative estimate of drug-likeness (QED) is 0.621. The Morgan fingerprint density at radius 2 is 2.12 bits per heavy atom. The molecule has 0 saturated carbocycles. The van der Waals surface area contributed by atoms with E-state index in [2.05, 4.69) is 11.8 Å². The Morgan fingerprint density at radius 3 is 2.82 bits per heavy atom. The average Bonchev–Trinajstić information content (AvgIpc) is 2.37. The van der Waals surface area contributed by atoms with Crippen molar-refractivity contribution in [2.75, 3.05) is 13.7 Å². The number of carbonyl (C=O) groups excluding carboxylic acids is 1. The zero-order valence-electron chi connectivity index (χ0n) is 9.90. The normalized spacial score (nSPS) is 9.29. The summed E-state index contributed by atoms with van der Waals surface area (Å²) < 4.78 is 5.13. The van der Waals surface area contributed by atoms with E-state index in [9.17, 15) is 4.79 Å². The van der Waals surface area contributed by atoms with Crippen molar-refractivity contribution < 1.29 is 14.6 Å². The van der Waals surface area contributed by atoms with Gasteiger partial charge in [-0.1, -0.05) is 18.1 Å². The van der Waals surface area contributed by atoms with Crippen LogP contribution in [-0.4, -0.2) is 24.6 Å². The van der Waals surface area contributed by atoms with Crippen molar-refractivity contribution in [2.45, 2.75) is 19.3 Å². The predicted octanol–water partition coefficient (Wildman–Crippen LogP) is 1.78. The lowest BCUT2D eigenvalue weighted by Crippen LogP contribution is -1.95. The molecule has 90 valence electrons. The minimum atomic E-state index is -0.107. The number of aliphatic hydroxyl groups is 1. The van der Waals surface area contributed by atoms with Gasteiger partial charge in [-0.2, -0.15) is 0 Å². The van der Waals surface area contributed by atoms with Crippen LogP contribution in [0.4, 0.5) is 0 Å². The first-order chi connectivity index (χ1) is 8.27. The van der Waals surface area contributed by atoms with Crippen molar-refractivity contribution in [2.24, 2.45) is 0 Å². The molecule has 3 heteroatoms. The fraction of sp³-hybridized carbons (Fsp3) is 0.357. The first-order valence-corrected chi connectivity index (χ1v) is 5.56. The van der Waals surface area contributed by atoms with Crippen LogP contribution in [0.25, 0.3) is 0 Å². The summed E-state index contributed by atoms with van der Waals surface area (Å²) in [5.74, 6) is 5.95. The Morgan fingerprint density at radius 1 is 1.35 bits per heavy atom. The molecule has 0 amide bonds. The van der Waals surface area contributed by atoms with Gasteiger partial charge < -0.3 is 9.84 Å². The van der Waals surface area contributed by atoms with Gasteiger partial charge in [-0.05, 0) is 30.9 Å². The number of para-hydroxylation sites is 1. The van der Waals surface area contributed by atoms with Crippen molar-refractivity contribution in [1.29, 1.82) is 0 Å². The summed E-state index contributed by atoms with van der Waals surface area (Å²) in [4.78, 5) is 11.4. The number of unbranched alkanes of at least 4 members (excludes halogenated alkanes) is 1. The molecule has 1 rings (SSSR count). The number of carbonyl (C=O) groups is 1. The van der Waals surface area contributed by atoms with E-state index in [1.54, 1.807) is 13.2 Å². The van der Waals surface area contributed by atoms with Crippen molar-refractivity contribution >= 4 is 5.78 Å². The van der Waals surface area contributed by atoms with Crippen molar-refractivity contribution in [3.8, 4) is 17.6 Å². The molecule has 17 heavy (non-hydrogen) atoms. The SMILES string of the molecule is COc1ccccc1C#CC(=O)CCCCO. The molecule has 0 unspecified atom stereocenters. The summed E-state index contributed by atoms with van der Waals surface area (Å²) >= 11 is 0. The molecule has 0 radical (unpaired) electrons. The molecule has 0 fully saturated rings. The van der Waals surface area contributed by atoms with Crippen molar-refractivity contribution in [3.05, 3.63) is 29.8 Å². The molecule has 0 heterocycles. The molecular weight excluding hydrogens is 216 g/mol. The van der Waals surface area contributed by atoms with E-state index in [-0.39, 0.29) is 12.4 Å². The van der Waals surface area contributed by atoms with Gasteiger partial charge in [-0.15, -0.1) is 0 Å². The van der Waals surface area contributed by atoms with E-state index in [4.69, 9.17) is 9.84 Å². The van der Waals surface area contributed by atoms with Gasteiger partial charge >= 0.3 is 0 Å². The Bertz CT molecular complexity index is 427. The summed E-state index contributed by atoms with van der Waals surface area (Å²) in [5, 5.41) is 8.59. The molecule has 3 nitrogen and oxygen atoms in total. The van der Waals surface area contributed by atoms with Gasteiger partial charge in [0.25, 0.3) is 0 Å². The van der Waals surface area contributed by atoms with Crippen LogP contribution in [-0.2, 0) is 4.79 Å². The highest BCUT2D eigenvalue weighted by molar-refractivity contribution is 5.96. The Labute approximate surface area is 101 Å². The van der Waals surface area contributed by atoms with Gasteiger partial charge in [-0.3, -0.25) is 4.79 Å². The number of methoxy groups -OCH3 is 1. The second-order valence-electron chi connectivity index (χ2n) is 3.55.